The molecule has 3 heterocycles. The van der Waals surface area contributed by atoms with Crippen molar-refractivity contribution in [2.45, 2.75) is 39.2 Å². The highest BCUT2D eigenvalue weighted by Gasteiger charge is 2.33. The van der Waals surface area contributed by atoms with E-state index in [4.69, 9.17) is 5.11 Å². The number of nitrogens with zero attached hydrogens (tertiary/aromatic N) is 4. The number of aliphatic carboxylic acids is 1. The number of hydrogen-bond acceptors (Lipinski definition) is 7. The predicted octanol–water partition coefficient (Wildman–Crippen LogP) is 1.10. The van der Waals surface area contributed by atoms with E-state index in [-0.39, 0.29) is 23.5 Å². The van der Waals surface area contributed by atoms with E-state index in [0.717, 1.165) is 11.6 Å². The Hall–Kier alpha value is -1.90. The first-order valence-corrected chi connectivity index (χ1v) is 10.9. The minimum atomic E-state index is -2.96. The van der Waals surface area contributed by atoms with Gasteiger partial charge in [0, 0.05) is 31.7 Å². The molecule has 9 heteroatoms. The maximum absolute atomic E-state index is 11.8. The highest BCUT2D eigenvalue weighted by atomic mass is 32.2. The van der Waals surface area contributed by atoms with Gasteiger partial charge in [0.25, 0.3) is 0 Å². The van der Waals surface area contributed by atoms with Gasteiger partial charge in [0.15, 0.2) is 9.84 Å². The Morgan fingerprint density at radius 1 is 1.31 bits per heavy atom. The van der Waals surface area contributed by atoms with Crippen LogP contribution in [-0.2, 0) is 14.6 Å². The number of aromatic nitrogens is 2. The topological polar surface area (TPSA) is 104 Å². The van der Waals surface area contributed by atoms with E-state index in [1.54, 1.807) is 0 Å². The van der Waals surface area contributed by atoms with Crippen molar-refractivity contribution in [1.82, 2.24) is 9.97 Å². The number of carbonyl (C=O) groups is 1. The van der Waals surface area contributed by atoms with Gasteiger partial charge in [-0.15, -0.1) is 0 Å². The van der Waals surface area contributed by atoms with E-state index in [2.05, 4.69) is 14.9 Å². The first-order chi connectivity index (χ1) is 12.3. The molecule has 0 spiro atoms. The molecule has 2 fully saturated rings. The van der Waals surface area contributed by atoms with Crippen LogP contribution < -0.4 is 9.80 Å². The zero-order valence-corrected chi connectivity index (χ0v) is 16.1. The molecule has 1 atom stereocenters. The van der Waals surface area contributed by atoms with Gasteiger partial charge in [-0.25, -0.2) is 18.4 Å². The van der Waals surface area contributed by atoms with E-state index in [9.17, 15) is 13.2 Å². The fraction of sp³-hybridized carbons (Fsp3) is 0.706. The van der Waals surface area contributed by atoms with Crippen molar-refractivity contribution in [2.24, 2.45) is 5.92 Å². The van der Waals surface area contributed by atoms with E-state index in [1.165, 1.54) is 0 Å². The second-order valence-corrected chi connectivity index (χ2v) is 9.30. The summed E-state index contributed by atoms with van der Waals surface area (Å²) in [5, 5.41) is 9.15. The molecular weight excluding hydrogens is 356 g/mol. The second-order valence-electron chi connectivity index (χ2n) is 7.07. The molecule has 0 radical (unpaired) electrons. The molecule has 2 aliphatic rings. The van der Waals surface area contributed by atoms with Gasteiger partial charge < -0.3 is 14.9 Å². The first kappa shape index (κ1) is 18.9. The van der Waals surface area contributed by atoms with Crippen LogP contribution in [-0.4, -0.2) is 66.6 Å². The Morgan fingerprint density at radius 3 is 2.54 bits per heavy atom. The molecule has 0 aromatic carbocycles. The van der Waals surface area contributed by atoms with Gasteiger partial charge in [0.05, 0.1) is 17.4 Å². The standard InChI is InChI=1S/C17H26N4O4S/c1-3-21(14-6-9-26(24,25)11-14)16-10-15(18-12(2)19-16)20-7-4-13(5-8-20)17(22)23/h10,13-14H,3-9,11H2,1-2H3,(H,22,23). The van der Waals surface area contributed by atoms with Crippen LogP contribution in [0.5, 0.6) is 0 Å². The van der Waals surface area contributed by atoms with Crippen LogP contribution in [0.1, 0.15) is 32.0 Å². The largest absolute Gasteiger partial charge is 0.481 e. The molecular formula is C17H26N4O4S. The molecule has 2 aliphatic heterocycles. The molecule has 3 rings (SSSR count). The third-order valence-electron chi connectivity index (χ3n) is 5.26. The van der Waals surface area contributed by atoms with Crippen LogP contribution in [0.15, 0.2) is 6.07 Å². The lowest BCUT2D eigenvalue weighted by Crippen LogP contribution is -2.38. The fourth-order valence-corrected chi connectivity index (χ4v) is 5.56. The Balaban J connectivity index is 1.80. The summed E-state index contributed by atoms with van der Waals surface area (Å²) in [6, 6.07) is 1.85. The lowest BCUT2D eigenvalue weighted by Gasteiger charge is -2.33. The summed E-state index contributed by atoms with van der Waals surface area (Å²) in [5.41, 5.74) is 0. The molecule has 2 saturated heterocycles. The van der Waals surface area contributed by atoms with Crippen molar-refractivity contribution in [1.29, 1.82) is 0 Å². The number of aryl methyl sites for hydroxylation is 1. The fourth-order valence-electron chi connectivity index (χ4n) is 3.83. The third-order valence-corrected chi connectivity index (χ3v) is 7.01. The highest BCUT2D eigenvalue weighted by molar-refractivity contribution is 7.91. The number of anilines is 2. The van der Waals surface area contributed by atoms with Gasteiger partial charge in [0.1, 0.15) is 17.5 Å². The van der Waals surface area contributed by atoms with Gasteiger partial charge in [-0.3, -0.25) is 4.79 Å². The number of piperidine rings is 1. The molecule has 1 aromatic heterocycles. The van der Waals surface area contributed by atoms with Crippen molar-refractivity contribution in [2.75, 3.05) is 40.9 Å². The van der Waals surface area contributed by atoms with Gasteiger partial charge in [-0.05, 0) is 33.1 Å². The van der Waals surface area contributed by atoms with E-state index in [1.807, 2.05) is 24.8 Å². The number of carboxylic acid groups (broad SMARTS) is 1. The summed E-state index contributed by atoms with van der Waals surface area (Å²) in [6.07, 6.45) is 1.83. The normalized spacial score (nSPS) is 23.2. The van der Waals surface area contributed by atoms with Crippen molar-refractivity contribution < 1.29 is 18.3 Å². The molecule has 26 heavy (non-hydrogen) atoms. The van der Waals surface area contributed by atoms with E-state index in [0.29, 0.717) is 44.7 Å². The monoisotopic (exact) mass is 382 g/mol. The van der Waals surface area contributed by atoms with Crippen LogP contribution >= 0.6 is 0 Å². The zero-order chi connectivity index (χ0) is 18.9. The number of rotatable bonds is 5. The molecule has 0 amide bonds. The Kier molecular flexibility index (Phi) is 5.36. The summed E-state index contributed by atoms with van der Waals surface area (Å²) in [7, 11) is -2.96. The molecule has 0 aliphatic carbocycles. The van der Waals surface area contributed by atoms with Gasteiger partial charge in [0.2, 0.25) is 0 Å². The molecule has 8 nitrogen and oxygen atoms in total. The first-order valence-electron chi connectivity index (χ1n) is 9.09. The number of carboxylic acids is 1. The SMILES string of the molecule is CCN(c1cc(N2CCC(C(=O)O)CC2)nc(C)n1)C1CCS(=O)(=O)C1. The Bertz CT molecular complexity index is 775. The Morgan fingerprint density at radius 2 is 2.00 bits per heavy atom. The molecule has 0 bridgehead atoms. The lowest BCUT2D eigenvalue weighted by molar-refractivity contribution is -0.142. The summed E-state index contributed by atoms with van der Waals surface area (Å²) in [6.45, 7) is 5.81. The summed E-state index contributed by atoms with van der Waals surface area (Å²) in [5.74, 6) is 1.55. The second kappa shape index (κ2) is 7.38. The van der Waals surface area contributed by atoms with Gasteiger partial charge in [-0.2, -0.15) is 0 Å². The average Bonchev–Trinajstić information content (AvgIpc) is 2.95. The van der Waals surface area contributed by atoms with Crippen LogP contribution in [0.3, 0.4) is 0 Å². The van der Waals surface area contributed by atoms with Crippen LogP contribution in [0.2, 0.25) is 0 Å². The van der Waals surface area contributed by atoms with Crippen LogP contribution in [0.4, 0.5) is 11.6 Å². The molecule has 1 aromatic rings. The average molecular weight is 382 g/mol. The predicted molar refractivity (Wildman–Crippen MR) is 99.4 cm³/mol. The van der Waals surface area contributed by atoms with E-state index >= 15 is 0 Å². The molecule has 1 N–H and O–H groups in total. The Labute approximate surface area is 154 Å². The maximum atomic E-state index is 11.8. The summed E-state index contributed by atoms with van der Waals surface area (Å²) >= 11 is 0. The van der Waals surface area contributed by atoms with Crippen molar-refractivity contribution in [3.05, 3.63) is 11.9 Å². The third kappa shape index (κ3) is 4.08. The van der Waals surface area contributed by atoms with Gasteiger partial charge >= 0.3 is 5.97 Å². The minimum Gasteiger partial charge on any atom is -0.481 e. The smallest absolute Gasteiger partial charge is 0.306 e. The summed E-state index contributed by atoms with van der Waals surface area (Å²) < 4.78 is 23.7. The van der Waals surface area contributed by atoms with E-state index < -0.39 is 15.8 Å². The van der Waals surface area contributed by atoms with Crippen molar-refractivity contribution >= 4 is 27.4 Å². The lowest BCUT2D eigenvalue weighted by atomic mass is 9.97. The van der Waals surface area contributed by atoms with Crippen LogP contribution in [0.25, 0.3) is 0 Å². The maximum Gasteiger partial charge on any atom is 0.306 e. The van der Waals surface area contributed by atoms with Crippen LogP contribution in [0, 0.1) is 12.8 Å². The number of sulfone groups is 1. The van der Waals surface area contributed by atoms with Gasteiger partial charge in [-0.1, -0.05) is 0 Å². The molecule has 144 valence electrons. The zero-order valence-electron chi connectivity index (χ0n) is 15.3. The minimum absolute atomic E-state index is 0.0510. The highest BCUT2D eigenvalue weighted by Crippen LogP contribution is 2.28. The molecule has 0 saturated carbocycles. The van der Waals surface area contributed by atoms with Crippen molar-refractivity contribution in [3.63, 3.8) is 0 Å². The quantitative estimate of drug-likeness (QED) is 0.807. The number of hydrogen-bond donors (Lipinski definition) is 1. The summed E-state index contributed by atoms with van der Waals surface area (Å²) in [4.78, 5) is 24.3. The van der Waals surface area contributed by atoms with Crippen molar-refractivity contribution in [3.8, 4) is 0 Å². The molecule has 1 unspecified atom stereocenters.